The van der Waals surface area contributed by atoms with Crippen molar-refractivity contribution in [2.45, 2.75) is 30.6 Å². The van der Waals surface area contributed by atoms with Crippen molar-refractivity contribution in [3.05, 3.63) is 41.1 Å². The first-order valence-corrected chi connectivity index (χ1v) is 8.38. The fourth-order valence-corrected chi connectivity index (χ4v) is 3.43. The van der Waals surface area contributed by atoms with Gasteiger partial charge in [0.25, 0.3) is 5.82 Å². The Morgan fingerprint density at radius 1 is 1.19 bits per heavy atom. The average Bonchev–Trinajstić information content (AvgIpc) is 2.53. The molecule has 4 heteroatoms. The molecule has 21 heavy (non-hydrogen) atoms. The summed E-state index contributed by atoms with van der Waals surface area (Å²) in [6, 6.07) is 10.7. The van der Waals surface area contributed by atoms with E-state index in [9.17, 15) is 5.26 Å². The van der Waals surface area contributed by atoms with Crippen molar-refractivity contribution in [2.24, 2.45) is 0 Å². The Bertz CT molecular complexity index is 714. The third-order valence-corrected chi connectivity index (χ3v) is 4.81. The van der Waals surface area contributed by atoms with Crippen molar-refractivity contribution in [1.82, 2.24) is 0 Å². The zero-order valence-electron chi connectivity index (χ0n) is 12.1. The highest BCUT2D eigenvalue weighted by Gasteiger charge is 2.24. The van der Waals surface area contributed by atoms with Gasteiger partial charge in [0.15, 0.2) is 0 Å². The fraction of sp³-hybridized carbons (Fsp3) is 0.294. The van der Waals surface area contributed by atoms with Gasteiger partial charge in [0.2, 0.25) is 0 Å². The number of H-pyrrole nitrogens is 1. The number of benzene rings is 1. The largest absolute Gasteiger partial charge is 0.289 e. The molecule has 1 aromatic carbocycles. The Hall–Kier alpha value is -1.99. The molecule has 0 aliphatic heterocycles. The molecule has 0 saturated carbocycles. The Balaban J connectivity index is 2.23. The van der Waals surface area contributed by atoms with Gasteiger partial charge in [-0.3, -0.25) is 5.73 Å². The monoisotopic (exact) mass is 296 g/mol. The van der Waals surface area contributed by atoms with Gasteiger partial charge in [-0.2, -0.15) is 5.26 Å². The predicted molar refractivity (Wildman–Crippen MR) is 86.0 cm³/mol. The lowest BCUT2D eigenvalue weighted by Gasteiger charge is -2.18. The van der Waals surface area contributed by atoms with Crippen molar-refractivity contribution in [2.75, 3.05) is 12.0 Å². The molecule has 0 bridgehead atoms. The van der Waals surface area contributed by atoms with Crippen molar-refractivity contribution in [3.63, 3.8) is 0 Å². The highest BCUT2D eigenvalue weighted by Crippen LogP contribution is 2.34. The third kappa shape index (κ3) is 2.50. The number of hydrogen-bond acceptors (Lipinski definition) is 3. The predicted octanol–water partition coefficient (Wildman–Crippen LogP) is 3.22. The zero-order valence-corrected chi connectivity index (χ0v) is 12.9. The molecule has 0 spiro atoms. The lowest BCUT2D eigenvalue weighted by molar-refractivity contribution is -0.374. The molecule has 1 aliphatic rings. The van der Waals surface area contributed by atoms with E-state index in [-0.39, 0.29) is 0 Å². The van der Waals surface area contributed by atoms with Crippen molar-refractivity contribution >= 4 is 17.6 Å². The van der Waals surface area contributed by atoms with E-state index in [2.05, 4.69) is 41.6 Å². The van der Waals surface area contributed by atoms with Gasteiger partial charge in [-0.25, -0.2) is 4.98 Å². The first-order chi connectivity index (χ1) is 10.2. The number of nitrogens with one attached hydrogen (secondary N) is 1. The number of anilines is 1. The summed E-state index contributed by atoms with van der Waals surface area (Å²) >= 11 is 1.72. The summed E-state index contributed by atoms with van der Waals surface area (Å²) < 4.78 is 0. The third-order valence-electron chi connectivity index (χ3n) is 4.06. The maximum atomic E-state index is 9.51. The first kappa shape index (κ1) is 14.0. The number of nitrogens with two attached hydrogens (primary N) is 1. The van der Waals surface area contributed by atoms with Gasteiger partial charge in [0, 0.05) is 22.4 Å². The number of pyridine rings is 1. The fourth-order valence-electron chi connectivity index (χ4n) is 3.02. The molecule has 3 N–H and O–H groups in total. The summed E-state index contributed by atoms with van der Waals surface area (Å²) in [4.78, 5) is 4.45. The number of nitrogens with zero attached hydrogens (tertiary/aromatic N) is 1. The summed E-state index contributed by atoms with van der Waals surface area (Å²) in [5.74, 6) is 0.488. The van der Waals surface area contributed by atoms with Crippen LogP contribution in [0.1, 0.15) is 29.7 Å². The summed E-state index contributed by atoms with van der Waals surface area (Å²) in [6.07, 6.45) is 6.44. The summed E-state index contributed by atoms with van der Waals surface area (Å²) in [7, 11) is 0. The Morgan fingerprint density at radius 2 is 1.90 bits per heavy atom. The maximum absolute atomic E-state index is 9.51. The van der Waals surface area contributed by atoms with Crippen LogP contribution < -0.4 is 10.7 Å². The molecule has 0 saturated heterocycles. The Morgan fingerprint density at radius 3 is 2.57 bits per heavy atom. The lowest BCUT2D eigenvalue weighted by Crippen LogP contribution is -2.24. The van der Waals surface area contributed by atoms with Crippen LogP contribution in [0.5, 0.6) is 0 Å². The van der Waals surface area contributed by atoms with E-state index in [1.54, 1.807) is 11.8 Å². The van der Waals surface area contributed by atoms with Crippen LogP contribution in [0, 0.1) is 11.3 Å². The molecule has 0 radical (unpaired) electrons. The van der Waals surface area contributed by atoms with E-state index in [1.807, 2.05) is 0 Å². The van der Waals surface area contributed by atoms with Crippen molar-refractivity contribution in [1.29, 1.82) is 5.26 Å². The molecule has 0 unspecified atom stereocenters. The van der Waals surface area contributed by atoms with Gasteiger partial charge < -0.3 is 0 Å². The van der Waals surface area contributed by atoms with Crippen molar-refractivity contribution < 1.29 is 4.98 Å². The highest BCUT2D eigenvalue weighted by molar-refractivity contribution is 7.98. The minimum absolute atomic E-state index is 0.488. The van der Waals surface area contributed by atoms with Crippen molar-refractivity contribution in [3.8, 4) is 17.2 Å². The molecular weight excluding hydrogens is 278 g/mol. The molecule has 0 amide bonds. The van der Waals surface area contributed by atoms with Gasteiger partial charge in [-0.1, -0.05) is 12.1 Å². The molecule has 0 atom stereocenters. The Labute approximate surface area is 129 Å². The number of rotatable bonds is 2. The van der Waals surface area contributed by atoms with Crippen LogP contribution in [0.3, 0.4) is 0 Å². The molecule has 3 rings (SSSR count). The van der Waals surface area contributed by atoms with E-state index >= 15 is 0 Å². The molecule has 3 nitrogen and oxygen atoms in total. The summed E-state index contributed by atoms with van der Waals surface area (Å²) in [6.45, 7) is 0. The standard InChI is InChI=1S/C17H17N3S/c1-21-12-8-6-11(7-9-12)16-13-4-2-3-5-15(13)20-17(19)14(16)10-18/h6-9H,2-5H2,1H3,(H2,19,20)/p+1. The van der Waals surface area contributed by atoms with E-state index in [0.29, 0.717) is 11.4 Å². The molecule has 1 aliphatic carbocycles. The van der Waals surface area contributed by atoms with Crippen LogP contribution in [-0.4, -0.2) is 6.26 Å². The molecule has 106 valence electrons. The molecule has 0 fully saturated rings. The highest BCUT2D eigenvalue weighted by atomic mass is 32.2. The topological polar surface area (TPSA) is 64.0 Å². The minimum Gasteiger partial charge on any atom is -0.286 e. The van der Waals surface area contributed by atoms with Crippen LogP contribution in [0.4, 0.5) is 5.82 Å². The summed E-state index contributed by atoms with van der Waals surface area (Å²) in [5.41, 5.74) is 11.2. The van der Waals surface area contributed by atoms with E-state index in [1.165, 1.54) is 29.0 Å². The van der Waals surface area contributed by atoms with Gasteiger partial charge in [0.05, 0.1) is 0 Å². The molecule has 2 aromatic rings. The minimum atomic E-state index is 0.488. The molecule has 1 heterocycles. The summed E-state index contributed by atoms with van der Waals surface area (Å²) in [5, 5.41) is 9.51. The Kier molecular flexibility index (Phi) is 3.85. The van der Waals surface area contributed by atoms with E-state index < -0.39 is 0 Å². The van der Waals surface area contributed by atoms with E-state index in [4.69, 9.17) is 5.73 Å². The number of aromatic nitrogens is 1. The quantitative estimate of drug-likeness (QED) is 0.865. The second-order valence-electron chi connectivity index (χ2n) is 5.29. The van der Waals surface area contributed by atoms with Gasteiger partial charge in [-0.15, -0.1) is 11.8 Å². The number of hydrogen-bond donors (Lipinski definition) is 1. The van der Waals surface area contributed by atoms with Crippen LogP contribution in [0.15, 0.2) is 29.2 Å². The van der Waals surface area contributed by atoms with E-state index in [0.717, 1.165) is 24.0 Å². The average molecular weight is 296 g/mol. The van der Waals surface area contributed by atoms with Crippen LogP contribution in [0.25, 0.3) is 11.1 Å². The number of thioether (sulfide) groups is 1. The number of aryl methyl sites for hydroxylation is 1. The second kappa shape index (κ2) is 5.79. The number of fused-ring (bicyclic) bond motifs is 1. The smallest absolute Gasteiger partial charge is 0.286 e. The second-order valence-corrected chi connectivity index (χ2v) is 6.17. The maximum Gasteiger partial charge on any atom is 0.289 e. The lowest BCUT2D eigenvalue weighted by atomic mass is 9.87. The van der Waals surface area contributed by atoms with Crippen LogP contribution in [-0.2, 0) is 12.8 Å². The zero-order chi connectivity index (χ0) is 14.8. The normalized spacial score (nSPS) is 13.5. The molecular formula is C17H18N3S+. The SMILES string of the molecule is CSc1ccc(-c2c(C#N)c(N)[nH+]c3c2CCCC3)cc1. The van der Waals surface area contributed by atoms with Gasteiger partial charge >= 0.3 is 0 Å². The van der Waals surface area contributed by atoms with Gasteiger partial charge in [-0.05, 0) is 43.2 Å². The van der Waals surface area contributed by atoms with Gasteiger partial charge in [0.1, 0.15) is 17.3 Å². The van der Waals surface area contributed by atoms with Crippen LogP contribution in [0.2, 0.25) is 0 Å². The number of aromatic amines is 1. The first-order valence-electron chi connectivity index (χ1n) is 7.15. The number of nitrogen functional groups attached to an aromatic ring is 1. The van der Waals surface area contributed by atoms with Crippen LogP contribution >= 0.6 is 11.8 Å². The molecule has 1 aromatic heterocycles. The number of nitriles is 1.